The van der Waals surface area contributed by atoms with E-state index in [-0.39, 0.29) is 17.8 Å². The van der Waals surface area contributed by atoms with E-state index in [9.17, 15) is 9.59 Å². The van der Waals surface area contributed by atoms with Crippen molar-refractivity contribution in [3.8, 4) is 11.4 Å². The van der Waals surface area contributed by atoms with Crippen molar-refractivity contribution in [3.63, 3.8) is 0 Å². The van der Waals surface area contributed by atoms with Crippen LogP contribution in [0.4, 0.5) is 16.2 Å². The topological polar surface area (TPSA) is 91.8 Å². The Morgan fingerprint density at radius 1 is 1.03 bits per heavy atom. The van der Waals surface area contributed by atoms with Crippen LogP contribution in [0.25, 0.3) is 11.4 Å². The summed E-state index contributed by atoms with van der Waals surface area (Å²) >= 11 is 5.97. The van der Waals surface area contributed by atoms with Gasteiger partial charge in [-0.1, -0.05) is 54.1 Å². The van der Waals surface area contributed by atoms with Crippen molar-refractivity contribution >= 4 is 29.0 Å². The van der Waals surface area contributed by atoms with Crippen LogP contribution < -0.4 is 16.3 Å². The molecule has 7 nitrogen and oxygen atoms in total. The molecule has 162 valence electrons. The molecule has 1 atom stereocenters. The summed E-state index contributed by atoms with van der Waals surface area (Å²) in [6.07, 6.45) is 0. The van der Waals surface area contributed by atoms with Gasteiger partial charge in [0, 0.05) is 22.0 Å². The van der Waals surface area contributed by atoms with Crippen LogP contribution in [0, 0.1) is 6.92 Å². The van der Waals surface area contributed by atoms with Crippen LogP contribution in [0.5, 0.6) is 0 Å². The van der Waals surface area contributed by atoms with Crippen LogP contribution >= 0.6 is 11.6 Å². The molecular formula is C24H22ClN5O2. The summed E-state index contributed by atoms with van der Waals surface area (Å²) in [4.78, 5) is 25.0. The average Bonchev–Trinajstić information content (AvgIpc) is 3.17. The Kier molecular flexibility index (Phi) is 6.09. The normalized spacial score (nSPS) is 11.7. The van der Waals surface area contributed by atoms with E-state index in [1.165, 1.54) is 0 Å². The Bertz CT molecular complexity index is 1310. The second-order valence-corrected chi connectivity index (χ2v) is 7.86. The van der Waals surface area contributed by atoms with Gasteiger partial charge >= 0.3 is 11.7 Å². The highest BCUT2D eigenvalue weighted by atomic mass is 35.5. The molecule has 0 aliphatic rings. The number of amides is 2. The van der Waals surface area contributed by atoms with E-state index >= 15 is 0 Å². The van der Waals surface area contributed by atoms with Gasteiger partial charge in [0.05, 0.1) is 6.04 Å². The maximum atomic E-state index is 12.5. The predicted octanol–water partition coefficient (Wildman–Crippen LogP) is 5.45. The number of aryl methyl sites for hydroxylation is 1. The fourth-order valence-corrected chi connectivity index (χ4v) is 3.76. The van der Waals surface area contributed by atoms with Gasteiger partial charge in [0.2, 0.25) is 0 Å². The Labute approximate surface area is 190 Å². The van der Waals surface area contributed by atoms with Gasteiger partial charge in [-0.15, -0.1) is 0 Å². The smallest absolute Gasteiger partial charge is 0.308 e. The quantitative estimate of drug-likeness (QED) is 0.379. The summed E-state index contributed by atoms with van der Waals surface area (Å²) in [6.45, 7) is 3.81. The van der Waals surface area contributed by atoms with Crippen molar-refractivity contribution in [2.75, 3.05) is 10.6 Å². The zero-order valence-corrected chi connectivity index (χ0v) is 18.4. The molecule has 1 unspecified atom stereocenters. The molecule has 2 amide bonds. The minimum atomic E-state index is -0.385. The van der Waals surface area contributed by atoms with Gasteiger partial charge in [-0.3, -0.25) is 4.57 Å². The highest BCUT2D eigenvalue weighted by Gasteiger charge is 2.18. The Morgan fingerprint density at radius 3 is 2.56 bits per heavy atom. The van der Waals surface area contributed by atoms with E-state index in [0.717, 1.165) is 11.1 Å². The summed E-state index contributed by atoms with van der Waals surface area (Å²) in [7, 11) is 0. The van der Waals surface area contributed by atoms with Crippen molar-refractivity contribution < 1.29 is 4.79 Å². The fraction of sp³-hybridized carbons (Fsp3) is 0.125. The van der Waals surface area contributed by atoms with E-state index in [1.807, 2.05) is 50.2 Å². The maximum absolute atomic E-state index is 12.5. The number of anilines is 2. The second kappa shape index (κ2) is 9.11. The molecule has 4 aromatic rings. The largest absolute Gasteiger partial charge is 0.344 e. The number of hydrogen-bond donors (Lipinski definition) is 3. The molecule has 3 aromatic carbocycles. The highest BCUT2D eigenvalue weighted by Crippen LogP contribution is 2.25. The summed E-state index contributed by atoms with van der Waals surface area (Å²) in [5.74, 6) is 0.490. The first-order valence-electron chi connectivity index (χ1n) is 10.1. The second-order valence-electron chi connectivity index (χ2n) is 7.43. The van der Waals surface area contributed by atoms with Crippen LogP contribution in [-0.2, 0) is 0 Å². The van der Waals surface area contributed by atoms with Crippen LogP contribution in [0.1, 0.15) is 24.1 Å². The van der Waals surface area contributed by atoms with E-state index in [2.05, 4.69) is 20.8 Å². The number of nitrogens with one attached hydrogen (secondary N) is 3. The van der Waals surface area contributed by atoms with Gasteiger partial charge in [0.15, 0.2) is 5.82 Å². The molecule has 4 rings (SSSR count). The van der Waals surface area contributed by atoms with E-state index < -0.39 is 0 Å². The number of rotatable bonds is 5. The minimum absolute atomic E-state index is 0.217. The molecule has 0 radical (unpaired) electrons. The maximum Gasteiger partial charge on any atom is 0.344 e. The number of aromatic nitrogens is 3. The number of carbonyl (C=O) groups is 1. The Balaban J connectivity index is 1.57. The van der Waals surface area contributed by atoms with Gasteiger partial charge in [0.1, 0.15) is 0 Å². The lowest BCUT2D eigenvalue weighted by atomic mass is 10.1. The molecule has 3 N–H and O–H groups in total. The fourth-order valence-electron chi connectivity index (χ4n) is 3.54. The first kappa shape index (κ1) is 21.4. The van der Waals surface area contributed by atoms with Crippen molar-refractivity contribution in [1.82, 2.24) is 14.8 Å². The van der Waals surface area contributed by atoms with Crippen LogP contribution in [0.15, 0.2) is 77.6 Å². The molecule has 8 heteroatoms. The molecule has 1 aromatic heterocycles. The Hall–Kier alpha value is -3.84. The van der Waals surface area contributed by atoms with E-state index in [1.54, 1.807) is 41.0 Å². The molecule has 0 spiro atoms. The zero-order chi connectivity index (χ0) is 22.7. The summed E-state index contributed by atoms with van der Waals surface area (Å²) in [5.41, 5.74) is 3.49. The number of nitrogens with zero attached hydrogens (tertiary/aromatic N) is 2. The van der Waals surface area contributed by atoms with Gasteiger partial charge in [-0.25, -0.2) is 14.7 Å². The summed E-state index contributed by atoms with van der Waals surface area (Å²) in [6, 6.07) is 21.6. The third-order valence-corrected chi connectivity index (χ3v) is 5.42. The van der Waals surface area contributed by atoms with Crippen molar-refractivity contribution in [2.24, 2.45) is 0 Å². The molecule has 0 fully saturated rings. The van der Waals surface area contributed by atoms with Crippen LogP contribution in [0.2, 0.25) is 5.02 Å². The van der Waals surface area contributed by atoms with Crippen LogP contribution in [-0.4, -0.2) is 20.8 Å². The first-order valence-corrected chi connectivity index (χ1v) is 10.5. The lowest BCUT2D eigenvalue weighted by Gasteiger charge is -2.15. The van der Waals surface area contributed by atoms with Crippen molar-refractivity contribution in [2.45, 2.75) is 19.9 Å². The van der Waals surface area contributed by atoms with Crippen molar-refractivity contribution in [3.05, 3.63) is 99.4 Å². The molecule has 1 heterocycles. The van der Waals surface area contributed by atoms with E-state index in [0.29, 0.717) is 27.8 Å². The van der Waals surface area contributed by atoms with Crippen LogP contribution in [0.3, 0.4) is 0 Å². The zero-order valence-electron chi connectivity index (χ0n) is 17.6. The van der Waals surface area contributed by atoms with Gasteiger partial charge in [-0.2, -0.15) is 5.10 Å². The summed E-state index contributed by atoms with van der Waals surface area (Å²) < 4.78 is 1.60. The number of benzene rings is 3. The van der Waals surface area contributed by atoms with Gasteiger partial charge < -0.3 is 10.6 Å². The average molecular weight is 448 g/mol. The first-order chi connectivity index (χ1) is 15.4. The highest BCUT2D eigenvalue weighted by molar-refractivity contribution is 6.30. The molecule has 32 heavy (non-hydrogen) atoms. The molecule has 0 aliphatic carbocycles. The number of hydrogen-bond acceptors (Lipinski definition) is 3. The Morgan fingerprint density at radius 2 is 1.81 bits per heavy atom. The SMILES string of the molecule is Cc1cc(Cl)ccc1NC(=O)Nc1cccc(-c2n[nH]c(=O)n2C(C)c2ccccc2)c1. The number of carbonyl (C=O) groups excluding carboxylic acids is 1. The predicted molar refractivity (Wildman–Crippen MR) is 127 cm³/mol. The molecule has 0 bridgehead atoms. The lowest BCUT2D eigenvalue weighted by molar-refractivity contribution is 0.262. The minimum Gasteiger partial charge on any atom is -0.308 e. The van der Waals surface area contributed by atoms with Gasteiger partial charge in [-0.05, 0) is 55.3 Å². The molecule has 0 aliphatic heterocycles. The number of halogens is 1. The monoisotopic (exact) mass is 447 g/mol. The third kappa shape index (κ3) is 4.58. The molecule has 0 saturated carbocycles. The summed E-state index contributed by atoms with van der Waals surface area (Å²) in [5, 5.41) is 13.0. The number of urea groups is 1. The van der Waals surface area contributed by atoms with E-state index in [4.69, 9.17) is 11.6 Å². The number of H-pyrrole nitrogens is 1. The molecule has 0 saturated heterocycles. The standard InChI is InChI=1S/C24H22ClN5O2/c1-15-13-19(25)11-12-21(15)27-23(31)26-20-10-6-9-18(14-20)22-28-29-24(32)30(22)16(2)17-7-4-3-5-8-17/h3-14,16H,1-2H3,(H,29,32)(H2,26,27,31). The molecular weight excluding hydrogens is 426 g/mol. The van der Waals surface area contributed by atoms with Gasteiger partial charge in [0.25, 0.3) is 0 Å². The van der Waals surface area contributed by atoms with Crippen molar-refractivity contribution in [1.29, 1.82) is 0 Å². The third-order valence-electron chi connectivity index (χ3n) is 5.19. The lowest BCUT2D eigenvalue weighted by Crippen LogP contribution is -2.22. The number of aromatic amines is 1.